The number of benzene rings is 1. The molecule has 0 aliphatic heterocycles. The molecule has 2 heterocycles. The molecule has 28 heavy (non-hydrogen) atoms. The summed E-state index contributed by atoms with van der Waals surface area (Å²) in [6.45, 7) is 2.09. The van der Waals surface area contributed by atoms with Crippen molar-refractivity contribution in [2.75, 3.05) is 0 Å². The first-order valence-corrected chi connectivity index (χ1v) is 10.3. The zero-order valence-corrected chi connectivity index (χ0v) is 16.9. The Morgan fingerprint density at radius 3 is 3.11 bits per heavy atom. The fourth-order valence-corrected chi connectivity index (χ4v) is 4.95. The van der Waals surface area contributed by atoms with Crippen LogP contribution in [0, 0.1) is 5.92 Å². The molecule has 0 spiro atoms. The van der Waals surface area contributed by atoms with Crippen molar-refractivity contribution in [3.8, 4) is 0 Å². The fourth-order valence-electron chi connectivity index (χ4n) is 3.42. The molecule has 3 aromatic rings. The maximum atomic E-state index is 12.9. The van der Waals surface area contributed by atoms with E-state index in [2.05, 4.69) is 22.4 Å². The second kappa shape index (κ2) is 7.85. The van der Waals surface area contributed by atoms with Crippen molar-refractivity contribution < 1.29 is 4.79 Å². The van der Waals surface area contributed by atoms with Gasteiger partial charge in [0.25, 0.3) is 11.5 Å². The largest absolute Gasteiger partial charge is 0.289 e. The molecule has 1 aliphatic carbocycles. The molecule has 1 atom stereocenters. The predicted molar refractivity (Wildman–Crippen MR) is 112 cm³/mol. The molecule has 1 unspecified atom stereocenters. The minimum Gasteiger partial charge on any atom is -0.289 e. The van der Waals surface area contributed by atoms with Crippen molar-refractivity contribution in [2.45, 2.75) is 32.7 Å². The second-order valence-electron chi connectivity index (χ2n) is 7.02. The van der Waals surface area contributed by atoms with Crippen LogP contribution in [0.1, 0.15) is 29.3 Å². The quantitative estimate of drug-likeness (QED) is 0.525. The first kappa shape index (κ1) is 18.8. The van der Waals surface area contributed by atoms with Gasteiger partial charge in [-0.2, -0.15) is 5.10 Å². The number of carbonyl (C=O) groups is 1. The Labute approximate surface area is 170 Å². The normalized spacial score (nSPS) is 16.4. The van der Waals surface area contributed by atoms with Crippen LogP contribution in [0.4, 0.5) is 0 Å². The molecule has 1 aromatic carbocycles. The average Bonchev–Trinajstić information content (AvgIpc) is 3.04. The molecule has 0 saturated heterocycles. The number of aromatic nitrogens is 2. The van der Waals surface area contributed by atoms with Gasteiger partial charge in [-0.05, 0) is 36.8 Å². The molecule has 0 bridgehead atoms. The summed E-state index contributed by atoms with van der Waals surface area (Å²) >= 11 is 7.64. The van der Waals surface area contributed by atoms with E-state index in [1.165, 1.54) is 22.0 Å². The van der Waals surface area contributed by atoms with E-state index in [-0.39, 0.29) is 12.1 Å². The highest BCUT2D eigenvalue weighted by molar-refractivity contribution is 7.18. The van der Waals surface area contributed by atoms with Crippen LogP contribution in [0.2, 0.25) is 5.02 Å². The summed E-state index contributed by atoms with van der Waals surface area (Å²) in [5.41, 5.74) is 4.08. The van der Waals surface area contributed by atoms with Gasteiger partial charge in [0.05, 0.1) is 17.9 Å². The molecule has 1 N–H and O–H groups in total. The fraction of sp³-hybridized carbons (Fsp3) is 0.300. The first-order chi connectivity index (χ1) is 13.5. The van der Waals surface area contributed by atoms with Crippen LogP contribution in [0.15, 0.2) is 40.5 Å². The Morgan fingerprint density at radius 1 is 1.46 bits per heavy atom. The van der Waals surface area contributed by atoms with E-state index in [0.29, 0.717) is 21.9 Å². The Morgan fingerprint density at radius 2 is 2.29 bits per heavy atom. The Balaban J connectivity index is 1.52. The van der Waals surface area contributed by atoms with Crippen LogP contribution in [0.3, 0.4) is 0 Å². The minimum absolute atomic E-state index is 0.136. The zero-order valence-electron chi connectivity index (χ0n) is 15.3. The van der Waals surface area contributed by atoms with E-state index in [9.17, 15) is 9.59 Å². The third-order valence-electron chi connectivity index (χ3n) is 4.89. The lowest BCUT2D eigenvalue weighted by Gasteiger charge is -2.17. The monoisotopic (exact) mass is 414 g/mol. The molecule has 4 rings (SSSR count). The van der Waals surface area contributed by atoms with E-state index in [1.54, 1.807) is 23.5 Å². The Bertz CT molecular complexity index is 1130. The summed E-state index contributed by atoms with van der Waals surface area (Å²) in [7, 11) is 0. The molecule has 8 heteroatoms. The number of amides is 1. The first-order valence-electron chi connectivity index (χ1n) is 9.09. The molecular weight excluding hydrogens is 396 g/mol. The van der Waals surface area contributed by atoms with Crippen LogP contribution < -0.4 is 11.0 Å². The van der Waals surface area contributed by atoms with E-state index in [0.717, 1.165) is 29.7 Å². The summed E-state index contributed by atoms with van der Waals surface area (Å²) < 4.78 is 1.34. The molecule has 1 amide bonds. The highest BCUT2D eigenvalue weighted by Gasteiger charge is 2.23. The van der Waals surface area contributed by atoms with Crippen LogP contribution in [0.25, 0.3) is 10.2 Å². The minimum atomic E-state index is -0.399. The number of nitrogens with one attached hydrogen (secondary N) is 1. The van der Waals surface area contributed by atoms with Crippen molar-refractivity contribution in [2.24, 2.45) is 11.0 Å². The van der Waals surface area contributed by atoms with Gasteiger partial charge in [-0.25, -0.2) is 10.4 Å². The molecule has 0 saturated carbocycles. The SMILES string of the molecule is CC1CCc2c(sc3ncn(CC(=O)N/N=C\c4ccccc4Cl)c(=O)c23)C1. The molecule has 6 nitrogen and oxygen atoms in total. The molecular formula is C20H19ClN4O2S. The number of aryl methyl sites for hydroxylation is 1. The number of rotatable bonds is 4. The molecule has 0 fully saturated rings. The predicted octanol–water partition coefficient (Wildman–Crippen LogP) is 3.39. The molecule has 2 aromatic heterocycles. The zero-order chi connectivity index (χ0) is 19.7. The third kappa shape index (κ3) is 3.72. The summed E-state index contributed by atoms with van der Waals surface area (Å²) in [4.78, 5) is 31.5. The number of carbonyl (C=O) groups excluding carboxylic acids is 1. The third-order valence-corrected chi connectivity index (χ3v) is 6.40. The van der Waals surface area contributed by atoms with E-state index in [1.807, 2.05) is 12.1 Å². The van der Waals surface area contributed by atoms with Gasteiger partial charge in [0.2, 0.25) is 0 Å². The smallest absolute Gasteiger partial charge is 0.262 e. The van der Waals surface area contributed by atoms with Gasteiger partial charge in [-0.3, -0.25) is 14.2 Å². The number of fused-ring (bicyclic) bond motifs is 3. The average molecular weight is 415 g/mol. The van der Waals surface area contributed by atoms with Crippen molar-refractivity contribution in [3.05, 3.63) is 62.0 Å². The van der Waals surface area contributed by atoms with Crippen molar-refractivity contribution >= 4 is 45.3 Å². The second-order valence-corrected chi connectivity index (χ2v) is 8.52. The van der Waals surface area contributed by atoms with E-state index >= 15 is 0 Å². The van der Waals surface area contributed by atoms with E-state index < -0.39 is 5.91 Å². The van der Waals surface area contributed by atoms with Gasteiger partial charge in [-0.15, -0.1) is 11.3 Å². The standard InChI is InChI=1S/C20H19ClN4O2S/c1-12-6-7-14-16(8-12)28-19-18(14)20(27)25(11-22-19)10-17(26)24-23-9-13-4-2-3-5-15(13)21/h2-5,9,11-12H,6-8,10H2,1H3,(H,24,26)/b23-9-. The summed E-state index contributed by atoms with van der Waals surface area (Å²) in [6, 6.07) is 7.18. The van der Waals surface area contributed by atoms with Crippen LogP contribution in [-0.4, -0.2) is 21.7 Å². The Kier molecular flexibility index (Phi) is 5.28. The van der Waals surface area contributed by atoms with Crippen molar-refractivity contribution in [1.82, 2.24) is 15.0 Å². The molecule has 1 aliphatic rings. The van der Waals surface area contributed by atoms with Crippen molar-refractivity contribution in [3.63, 3.8) is 0 Å². The summed E-state index contributed by atoms with van der Waals surface area (Å²) in [6.07, 6.45) is 5.87. The number of hydrazone groups is 1. The van der Waals surface area contributed by atoms with Gasteiger partial charge in [0.15, 0.2) is 0 Å². The summed E-state index contributed by atoms with van der Waals surface area (Å²) in [5.74, 6) is 0.230. The van der Waals surface area contributed by atoms with Gasteiger partial charge in [0.1, 0.15) is 11.4 Å². The van der Waals surface area contributed by atoms with Gasteiger partial charge in [-0.1, -0.05) is 36.7 Å². The maximum Gasteiger partial charge on any atom is 0.262 e. The van der Waals surface area contributed by atoms with Crippen LogP contribution in [-0.2, 0) is 24.2 Å². The topological polar surface area (TPSA) is 76.3 Å². The summed E-state index contributed by atoms with van der Waals surface area (Å²) in [5, 5.41) is 5.13. The van der Waals surface area contributed by atoms with Gasteiger partial charge >= 0.3 is 0 Å². The van der Waals surface area contributed by atoms with Crippen LogP contribution >= 0.6 is 22.9 Å². The van der Waals surface area contributed by atoms with E-state index in [4.69, 9.17) is 11.6 Å². The lowest BCUT2D eigenvalue weighted by Crippen LogP contribution is -2.30. The van der Waals surface area contributed by atoms with Gasteiger partial charge < -0.3 is 0 Å². The van der Waals surface area contributed by atoms with Gasteiger partial charge in [0, 0.05) is 15.5 Å². The van der Waals surface area contributed by atoms with Crippen molar-refractivity contribution in [1.29, 1.82) is 0 Å². The number of thiophene rings is 1. The highest BCUT2D eigenvalue weighted by Crippen LogP contribution is 2.35. The number of nitrogens with zero attached hydrogens (tertiary/aromatic N) is 3. The Hall–Kier alpha value is -2.51. The number of hydrogen-bond acceptors (Lipinski definition) is 5. The molecule has 0 radical (unpaired) electrons. The number of hydrogen-bond donors (Lipinski definition) is 1. The highest BCUT2D eigenvalue weighted by atomic mass is 35.5. The molecule has 144 valence electrons. The maximum absolute atomic E-state index is 12.9. The number of halogens is 1. The van der Waals surface area contributed by atoms with Crippen LogP contribution in [0.5, 0.6) is 0 Å². The lowest BCUT2D eigenvalue weighted by molar-refractivity contribution is -0.121. The lowest BCUT2D eigenvalue weighted by atomic mass is 9.89.